The van der Waals surface area contributed by atoms with Gasteiger partial charge < -0.3 is 5.32 Å². The molecule has 0 radical (unpaired) electrons. The Balaban J connectivity index is 2.41. The van der Waals surface area contributed by atoms with Gasteiger partial charge in [0.1, 0.15) is 0 Å². The normalized spacial score (nSPS) is 12.4. The van der Waals surface area contributed by atoms with Crippen LogP contribution >= 0.6 is 0 Å². The van der Waals surface area contributed by atoms with E-state index in [0.29, 0.717) is 6.04 Å². The SMILES string of the molecule is C=C(C)C(CCc1cccnc1)NCCC. The van der Waals surface area contributed by atoms with Gasteiger partial charge in [0, 0.05) is 18.4 Å². The van der Waals surface area contributed by atoms with Crippen molar-refractivity contribution >= 4 is 0 Å². The first-order valence-corrected chi connectivity index (χ1v) is 6.01. The van der Waals surface area contributed by atoms with Gasteiger partial charge in [-0.25, -0.2) is 0 Å². The molecule has 1 atom stereocenters. The Labute approximate surface area is 98.8 Å². The first-order chi connectivity index (χ1) is 7.74. The maximum Gasteiger partial charge on any atom is 0.0299 e. The molecule has 1 aromatic heterocycles. The van der Waals surface area contributed by atoms with E-state index >= 15 is 0 Å². The summed E-state index contributed by atoms with van der Waals surface area (Å²) in [7, 11) is 0. The summed E-state index contributed by atoms with van der Waals surface area (Å²) in [5.41, 5.74) is 2.52. The Morgan fingerprint density at radius 2 is 2.38 bits per heavy atom. The van der Waals surface area contributed by atoms with Crippen LogP contribution in [-0.4, -0.2) is 17.6 Å². The van der Waals surface area contributed by atoms with Gasteiger partial charge in [0.15, 0.2) is 0 Å². The number of hydrogen-bond donors (Lipinski definition) is 1. The van der Waals surface area contributed by atoms with Crippen molar-refractivity contribution in [3.63, 3.8) is 0 Å². The average molecular weight is 218 g/mol. The van der Waals surface area contributed by atoms with Crippen LogP contribution in [0.3, 0.4) is 0 Å². The van der Waals surface area contributed by atoms with E-state index in [0.717, 1.165) is 25.8 Å². The van der Waals surface area contributed by atoms with Crippen LogP contribution in [0.4, 0.5) is 0 Å². The third-order valence-corrected chi connectivity index (χ3v) is 2.68. The molecule has 0 amide bonds. The van der Waals surface area contributed by atoms with Crippen LogP contribution in [0.15, 0.2) is 36.7 Å². The molecule has 0 saturated carbocycles. The van der Waals surface area contributed by atoms with Crippen molar-refractivity contribution in [3.8, 4) is 0 Å². The molecule has 0 aliphatic carbocycles. The summed E-state index contributed by atoms with van der Waals surface area (Å²) < 4.78 is 0. The smallest absolute Gasteiger partial charge is 0.0299 e. The molecular weight excluding hydrogens is 196 g/mol. The monoisotopic (exact) mass is 218 g/mol. The summed E-state index contributed by atoms with van der Waals surface area (Å²) >= 11 is 0. The predicted molar refractivity (Wildman–Crippen MR) is 69.5 cm³/mol. The second-order valence-corrected chi connectivity index (χ2v) is 4.25. The molecule has 16 heavy (non-hydrogen) atoms. The Bertz CT molecular complexity index is 306. The second kappa shape index (κ2) is 7.18. The molecule has 2 heteroatoms. The summed E-state index contributed by atoms with van der Waals surface area (Å²) in [5, 5.41) is 3.52. The molecular formula is C14H22N2. The maximum absolute atomic E-state index is 4.13. The first-order valence-electron chi connectivity index (χ1n) is 6.01. The van der Waals surface area contributed by atoms with E-state index in [9.17, 15) is 0 Å². The van der Waals surface area contributed by atoms with Crippen molar-refractivity contribution in [2.24, 2.45) is 0 Å². The number of hydrogen-bond acceptors (Lipinski definition) is 2. The molecule has 1 unspecified atom stereocenters. The molecule has 0 spiro atoms. The van der Waals surface area contributed by atoms with E-state index in [4.69, 9.17) is 0 Å². The fourth-order valence-corrected chi connectivity index (χ4v) is 1.70. The molecule has 1 rings (SSSR count). The maximum atomic E-state index is 4.13. The lowest BCUT2D eigenvalue weighted by Gasteiger charge is -2.18. The van der Waals surface area contributed by atoms with Gasteiger partial charge in [0.25, 0.3) is 0 Å². The van der Waals surface area contributed by atoms with Gasteiger partial charge in [-0.05, 0) is 44.4 Å². The van der Waals surface area contributed by atoms with Crippen LogP contribution < -0.4 is 5.32 Å². The number of rotatable bonds is 7. The van der Waals surface area contributed by atoms with Crippen LogP contribution in [0.2, 0.25) is 0 Å². The fraction of sp³-hybridized carbons (Fsp3) is 0.500. The summed E-state index contributed by atoms with van der Waals surface area (Å²) in [6.07, 6.45) is 7.07. The lowest BCUT2D eigenvalue weighted by molar-refractivity contribution is 0.533. The van der Waals surface area contributed by atoms with Crippen molar-refractivity contribution in [2.45, 2.75) is 39.2 Å². The van der Waals surface area contributed by atoms with Gasteiger partial charge in [0.2, 0.25) is 0 Å². The fourth-order valence-electron chi connectivity index (χ4n) is 1.70. The highest BCUT2D eigenvalue weighted by Crippen LogP contribution is 2.09. The largest absolute Gasteiger partial charge is 0.310 e. The molecule has 1 heterocycles. The number of nitrogens with one attached hydrogen (secondary N) is 1. The molecule has 0 saturated heterocycles. The topological polar surface area (TPSA) is 24.9 Å². The zero-order chi connectivity index (χ0) is 11.8. The quantitative estimate of drug-likeness (QED) is 0.712. The van der Waals surface area contributed by atoms with E-state index in [1.54, 1.807) is 0 Å². The third-order valence-electron chi connectivity index (χ3n) is 2.68. The van der Waals surface area contributed by atoms with Crippen molar-refractivity contribution in [1.29, 1.82) is 0 Å². The number of pyridine rings is 1. The van der Waals surface area contributed by atoms with Crippen molar-refractivity contribution in [3.05, 3.63) is 42.2 Å². The van der Waals surface area contributed by atoms with Gasteiger partial charge >= 0.3 is 0 Å². The Kier molecular flexibility index (Phi) is 5.79. The van der Waals surface area contributed by atoms with E-state index in [-0.39, 0.29) is 0 Å². The Hall–Kier alpha value is -1.15. The van der Waals surface area contributed by atoms with Gasteiger partial charge in [-0.1, -0.05) is 25.1 Å². The minimum absolute atomic E-state index is 0.431. The lowest BCUT2D eigenvalue weighted by Crippen LogP contribution is -2.31. The highest BCUT2D eigenvalue weighted by Gasteiger charge is 2.07. The van der Waals surface area contributed by atoms with Crippen LogP contribution in [-0.2, 0) is 6.42 Å². The Morgan fingerprint density at radius 1 is 1.56 bits per heavy atom. The van der Waals surface area contributed by atoms with Crippen LogP contribution in [0.1, 0.15) is 32.3 Å². The molecule has 0 aromatic carbocycles. The zero-order valence-electron chi connectivity index (χ0n) is 10.4. The molecule has 2 nitrogen and oxygen atoms in total. The van der Waals surface area contributed by atoms with Crippen LogP contribution in [0.5, 0.6) is 0 Å². The van der Waals surface area contributed by atoms with Crippen LogP contribution in [0.25, 0.3) is 0 Å². The van der Waals surface area contributed by atoms with Crippen molar-refractivity contribution in [1.82, 2.24) is 10.3 Å². The molecule has 0 aliphatic heterocycles. The van der Waals surface area contributed by atoms with Gasteiger partial charge in [-0.3, -0.25) is 4.98 Å². The van der Waals surface area contributed by atoms with Crippen molar-refractivity contribution in [2.75, 3.05) is 6.54 Å². The highest BCUT2D eigenvalue weighted by atomic mass is 14.9. The number of aryl methyl sites for hydroxylation is 1. The third kappa shape index (κ3) is 4.58. The minimum Gasteiger partial charge on any atom is -0.310 e. The van der Waals surface area contributed by atoms with Gasteiger partial charge in [-0.15, -0.1) is 0 Å². The van der Waals surface area contributed by atoms with E-state index in [1.165, 1.54) is 11.1 Å². The average Bonchev–Trinajstić information content (AvgIpc) is 2.30. The zero-order valence-corrected chi connectivity index (χ0v) is 10.4. The summed E-state index contributed by atoms with van der Waals surface area (Å²) in [5.74, 6) is 0. The number of aromatic nitrogens is 1. The van der Waals surface area contributed by atoms with E-state index < -0.39 is 0 Å². The molecule has 1 aromatic rings. The van der Waals surface area contributed by atoms with E-state index in [2.05, 4.69) is 36.8 Å². The second-order valence-electron chi connectivity index (χ2n) is 4.25. The van der Waals surface area contributed by atoms with Crippen molar-refractivity contribution < 1.29 is 0 Å². The molecule has 0 bridgehead atoms. The van der Waals surface area contributed by atoms with E-state index in [1.807, 2.05) is 18.5 Å². The van der Waals surface area contributed by atoms with Gasteiger partial charge in [0.05, 0.1) is 0 Å². The summed E-state index contributed by atoms with van der Waals surface area (Å²) in [4.78, 5) is 4.13. The summed E-state index contributed by atoms with van der Waals surface area (Å²) in [6, 6.07) is 4.55. The number of nitrogens with zero attached hydrogens (tertiary/aromatic N) is 1. The molecule has 1 N–H and O–H groups in total. The highest BCUT2D eigenvalue weighted by molar-refractivity contribution is 5.10. The summed E-state index contributed by atoms with van der Waals surface area (Å²) in [6.45, 7) is 9.38. The minimum atomic E-state index is 0.431. The first kappa shape index (κ1) is 12.9. The molecule has 0 aliphatic rings. The van der Waals surface area contributed by atoms with Gasteiger partial charge in [-0.2, -0.15) is 0 Å². The molecule has 88 valence electrons. The lowest BCUT2D eigenvalue weighted by atomic mass is 10.0. The predicted octanol–water partition coefficient (Wildman–Crippen LogP) is 2.96. The standard InChI is InChI=1S/C14H22N2/c1-4-9-16-14(12(2)3)8-7-13-6-5-10-15-11-13/h5-6,10-11,14,16H,2,4,7-9H2,1,3H3. The van der Waals surface area contributed by atoms with Crippen LogP contribution in [0, 0.1) is 0 Å². The Morgan fingerprint density at radius 3 is 2.94 bits per heavy atom. The molecule has 0 fully saturated rings.